The molecule has 2 aromatic rings. The minimum absolute atomic E-state index is 0.00666. The molecule has 29 heavy (non-hydrogen) atoms. The van der Waals surface area contributed by atoms with Gasteiger partial charge in [0.25, 0.3) is 5.79 Å². The summed E-state index contributed by atoms with van der Waals surface area (Å²) < 4.78 is 49.8. The normalized spacial score (nSPS) is 18.8. The highest BCUT2D eigenvalue weighted by Crippen LogP contribution is 2.43. The fourth-order valence-electron chi connectivity index (χ4n) is 2.91. The lowest BCUT2D eigenvalue weighted by Crippen LogP contribution is -2.30. The van der Waals surface area contributed by atoms with Crippen molar-refractivity contribution in [3.05, 3.63) is 57.4 Å². The van der Waals surface area contributed by atoms with Gasteiger partial charge >= 0.3 is 11.9 Å². The number of nitro groups is 1. The fraction of sp³-hybridized carbons (Fsp3) is 0.294. The Labute approximate surface area is 161 Å². The molecular weight excluding hydrogens is 399 g/mol. The van der Waals surface area contributed by atoms with Gasteiger partial charge in [0.1, 0.15) is 0 Å². The Morgan fingerprint density at radius 3 is 2.62 bits per heavy atom. The van der Waals surface area contributed by atoms with E-state index in [1.54, 1.807) is 0 Å². The topological polar surface area (TPSA) is 116 Å². The van der Waals surface area contributed by atoms with E-state index in [1.807, 2.05) is 0 Å². The van der Waals surface area contributed by atoms with Gasteiger partial charge in [-0.05, 0) is 18.2 Å². The maximum absolute atomic E-state index is 13.2. The van der Waals surface area contributed by atoms with Crippen molar-refractivity contribution in [1.82, 2.24) is 4.98 Å². The number of ether oxygens (including phenoxy) is 2. The molecule has 1 atom stereocenters. The standard InChI is InChI=1S/C17H14F3N3O6/c1-27-13-7-9(6-12(23(25)26)14(13)28-2)11-8-16(24,29-22-11)10-4-3-5-21-15(10)17(18,19)20/h3-7,24H,8H2,1-2H3. The lowest BCUT2D eigenvalue weighted by Gasteiger charge is -2.23. The number of nitro benzene ring substituents is 1. The summed E-state index contributed by atoms with van der Waals surface area (Å²) >= 11 is 0. The van der Waals surface area contributed by atoms with Crippen molar-refractivity contribution in [1.29, 1.82) is 0 Å². The van der Waals surface area contributed by atoms with Gasteiger partial charge in [0, 0.05) is 17.8 Å². The van der Waals surface area contributed by atoms with Crippen LogP contribution in [0.2, 0.25) is 0 Å². The number of benzene rings is 1. The Kier molecular flexibility index (Phi) is 5.05. The fourth-order valence-corrected chi connectivity index (χ4v) is 2.91. The van der Waals surface area contributed by atoms with Gasteiger partial charge in [0.2, 0.25) is 5.75 Å². The molecule has 0 amide bonds. The monoisotopic (exact) mass is 413 g/mol. The predicted octanol–water partition coefficient (Wildman–Crippen LogP) is 3.00. The van der Waals surface area contributed by atoms with E-state index in [9.17, 15) is 28.4 Å². The van der Waals surface area contributed by atoms with Crippen molar-refractivity contribution in [3.63, 3.8) is 0 Å². The van der Waals surface area contributed by atoms with Gasteiger partial charge in [-0.25, -0.2) is 0 Å². The van der Waals surface area contributed by atoms with Crippen molar-refractivity contribution in [2.75, 3.05) is 14.2 Å². The number of alkyl halides is 3. The number of halogens is 3. The van der Waals surface area contributed by atoms with Crippen LogP contribution in [0.5, 0.6) is 11.5 Å². The first-order valence-corrected chi connectivity index (χ1v) is 8.01. The van der Waals surface area contributed by atoms with Crippen LogP contribution in [-0.2, 0) is 16.8 Å². The average molecular weight is 413 g/mol. The maximum Gasteiger partial charge on any atom is 0.433 e. The molecule has 1 unspecified atom stereocenters. The number of nitrogens with zero attached hydrogens (tertiary/aromatic N) is 3. The molecule has 3 rings (SSSR count). The molecule has 0 aliphatic carbocycles. The number of oxime groups is 1. The summed E-state index contributed by atoms with van der Waals surface area (Å²) in [6.45, 7) is 0. The van der Waals surface area contributed by atoms with E-state index in [4.69, 9.17) is 14.3 Å². The van der Waals surface area contributed by atoms with Gasteiger partial charge in [-0.15, -0.1) is 0 Å². The first-order valence-electron chi connectivity index (χ1n) is 8.01. The third kappa shape index (κ3) is 3.66. The van der Waals surface area contributed by atoms with Gasteiger partial charge in [0.15, 0.2) is 11.4 Å². The second-order valence-corrected chi connectivity index (χ2v) is 5.98. The molecule has 0 radical (unpaired) electrons. The van der Waals surface area contributed by atoms with Crippen molar-refractivity contribution in [2.24, 2.45) is 5.16 Å². The van der Waals surface area contributed by atoms with Crippen LogP contribution in [-0.4, -0.2) is 34.9 Å². The third-order valence-electron chi connectivity index (χ3n) is 4.20. The lowest BCUT2D eigenvalue weighted by atomic mass is 9.95. The zero-order valence-corrected chi connectivity index (χ0v) is 15.1. The molecule has 2 heterocycles. The van der Waals surface area contributed by atoms with Gasteiger partial charge in [-0.1, -0.05) is 5.16 Å². The number of hydrogen-bond acceptors (Lipinski definition) is 8. The van der Waals surface area contributed by atoms with E-state index >= 15 is 0 Å². The number of pyridine rings is 1. The van der Waals surface area contributed by atoms with Crippen LogP contribution >= 0.6 is 0 Å². The molecule has 0 bridgehead atoms. The number of methoxy groups -OCH3 is 2. The highest BCUT2D eigenvalue weighted by Gasteiger charge is 2.47. The van der Waals surface area contributed by atoms with E-state index in [0.717, 1.165) is 18.3 Å². The van der Waals surface area contributed by atoms with Crippen LogP contribution in [0.15, 0.2) is 35.6 Å². The van der Waals surface area contributed by atoms with Crippen molar-refractivity contribution in [2.45, 2.75) is 18.4 Å². The summed E-state index contributed by atoms with van der Waals surface area (Å²) in [5.41, 5.74) is -2.30. The van der Waals surface area contributed by atoms with E-state index in [1.165, 1.54) is 26.4 Å². The van der Waals surface area contributed by atoms with Gasteiger partial charge in [-0.2, -0.15) is 13.2 Å². The van der Waals surface area contributed by atoms with Crippen LogP contribution in [0.3, 0.4) is 0 Å². The minimum Gasteiger partial charge on any atom is -0.493 e. The number of rotatable bonds is 5. The Morgan fingerprint density at radius 1 is 1.31 bits per heavy atom. The molecule has 1 aromatic carbocycles. The molecule has 1 aromatic heterocycles. The highest BCUT2D eigenvalue weighted by atomic mass is 19.4. The maximum atomic E-state index is 13.2. The van der Waals surface area contributed by atoms with Gasteiger partial charge in [0.05, 0.1) is 36.8 Å². The summed E-state index contributed by atoms with van der Waals surface area (Å²) in [7, 11) is 2.49. The average Bonchev–Trinajstić information content (AvgIpc) is 3.09. The van der Waals surface area contributed by atoms with E-state index in [-0.39, 0.29) is 22.8 Å². The summed E-state index contributed by atoms with van der Waals surface area (Å²) in [6, 6.07) is 4.67. The molecular formula is C17H14F3N3O6. The highest BCUT2D eigenvalue weighted by molar-refractivity contribution is 6.02. The smallest absolute Gasteiger partial charge is 0.433 e. The lowest BCUT2D eigenvalue weighted by molar-refractivity contribution is -0.385. The first kappa shape index (κ1) is 20.3. The van der Waals surface area contributed by atoms with E-state index in [0.29, 0.717) is 0 Å². The Hall–Kier alpha value is -3.41. The van der Waals surface area contributed by atoms with Crippen molar-refractivity contribution >= 4 is 11.4 Å². The van der Waals surface area contributed by atoms with Crippen LogP contribution in [0.4, 0.5) is 18.9 Å². The van der Waals surface area contributed by atoms with Crippen LogP contribution < -0.4 is 9.47 Å². The summed E-state index contributed by atoms with van der Waals surface area (Å²) in [6.07, 6.45) is -4.40. The Balaban J connectivity index is 2.02. The molecule has 1 aliphatic heterocycles. The molecule has 154 valence electrons. The second-order valence-electron chi connectivity index (χ2n) is 5.98. The van der Waals surface area contributed by atoms with Crippen LogP contribution in [0, 0.1) is 10.1 Å². The number of aromatic nitrogens is 1. The van der Waals surface area contributed by atoms with Crippen LogP contribution in [0.1, 0.15) is 23.2 Å². The largest absolute Gasteiger partial charge is 0.493 e. The van der Waals surface area contributed by atoms with Gasteiger partial charge in [-0.3, -0.25) is 15.1 Å². The molecule has 0 saturated carbocycles. The van der Waals surface area contributed by atoms with Crippen molar-refractivity contribution < 1.29 is 37.5 Å². The minimum atomic E-state index is -4.83. The first-order chi connectivity index (χ1) is 13.6. The van der Waals surface area contributed by atoms with E-state index < -0.39 is 40.3 Å². The molecule has 0 fully saturated rings. The SMILES string of the molecule is COc1cc(C2=NOC(O)(c3cccnc3C(F)(F)F)C2)cc([N+](=O)[O-])c1OC. The Bertz CT molecular complexity index is 995. The zero-order valence-electron chi connectivity index (χ0n) is 15.1. The molecule has 9 nitrogen and oxygen atoms in total. The Morgan fingerprint density at radius 2 is 2.03 bits per heavy atom. The third-order valence-corrected chi connectivity index (χ3v) is 4.20. The predicted molar refractivity (Wildman–Crippen MR) is 91.6 cm³/mol. The zero-order chi connectivity index (χ0) is 21.4. The molecule has 12 heteroatoms. The van der Waals surface area contributed by atoms with Crippen LogP contribution in [0.25, 0.3) is 0 Å². The summed E-state index contributed by atoms with van der Waals surface area (Å²) in [4.78, 5) is 18.8. The molecule has 0 saturated heterocycles. The molecule has 1 N–H and O–H groups in total. The molecule has 0 spiro atoms. The number of hydrogen-bond donors (Lipinski definition) is 1. The van der Waals surface area contributed by atoms with Gasteiger partial charge < -0.3 is 19.4 Å². The van der Waals surface area contributed by atoms with E-state index in [2.05, 4.69) is 10.1 Å². The summed E-state index contributed by atoms with van der Waals surface area (Å²) in [5, 5.41) is 25.7. The summed E-state index contributed by atoms with van der Waals surface area (Å²) in [5.74, 6) is -2.58. The second kappa shape index (κ2) is 7.20. The van der Waals surface area contributed by atoms with Crippen molar-refractivity contribution in [3.8, 4) is 11.5 Å². The number of aliphatic hydroxyl groups is 1. The quantitative estimate of drug-likeness (QED) is 0.592. The molecule has 1 aliphatic rings.